The van der Waals surface area contributed by atoms with Crippen molar-refractivity contribution in [2.75, 3.05) is 5.32 Å². The molecule has 4 rings (SSSR count). The third-order valence-electron chi connectivity index (χ3n) is 5.96. The van der Waals surface area contributed by atoms with Gasteiger partial charge in [0.25, 0.3) is 0 Å². The number of ketones is 1. The van der Waals surface area contributed by atoms with E-state index in [1.54, 1.807) is 18.2 Å². The fourth-order valence-corrected chi connectivity index (χ4v) is 4.63. The van der Waals surface area contributed by atoms with Gasteiger partial charge < -0.3 is 15.0 Å². The van der Waals surface area contributed by atoms with Crippen LogP contribution in [0.15, 0.2) is 36.4 Å². The van der Waals surface area contributed by atoms with Crippen molar-refractivity contribution in [2.45, 2.75) is 58.5 Å². The number of carbonyl (C=O) groups excluding carboxylic acids is 1. The van der Waals surface area contributed by atoms with Crippen LogP contribution in [0, 0.1) is 11.7 Å². The van der Waals surface area contributed by atoms with Gasteiger partial charge in [0.05, 0.1) is 38.4 Å². The van der Waals surface area contributed by atoms with Crippen LogP contribution in [0.3, 0.4) is 0 Å². The minimum Gasteiger partial charge on any atom is -0.490 e. The SMILES string of the molecule is CC(C)Oc1cc2nc(Nc3c(Cl)ccc(Cl)c3F)[nH]c2cc1C(=O)/C=C/CC1CCCCC1. The van der Waals surface area contributed by atoms with Gasteiger partial charge in [-0.2, -0.15) is 0 Å². The largest absolute Gasteiger partial charge is 0.490 e. The molecule has 34 heavy (non-hydrogen) atoms. The van der Waals surface area contributed by atoms with Crippen molar-refractivity contribution < 1.29 is 13.9 Å². The highest BCUT2D eigenvalue weighted by Gasteiger charge is 2.18. The van der Waals surface area contributed by atoms with E-state index in [2.05, 4.69) is 15.3 Å². The number of aromatic amines is 1. The van der Waals surface area contributed by atoms with Gasteiger partial charge >= 0.3 is 0 Å². The number of anilines is 2. The van der Waals surface area contributed by atoms with Crippen LogP contribution in [0.1, 0.15) is 62.7 Å². The molecular formula is C26H28Cl2FN3O2. The number of H-pyrrole nitrogens is 1. The fourth-order valence-electron chi connectivity index (χ4n) is 4.28. The molecule has 3 aromatic rings. The van der Waals surface area contributed by atoms with Crippen molar-refractivity contribution in [3.8, 4) is 5.75 Å². The maximum Gasteiger partial charge on any atom is 0.205 e. The van der Waals surface area contributed by atoms with Crippen LogP contribution in [0.25, 0.3) is 11.0 Å². The number of hydrogen-bond acceptors (Lipinski definition) is 4. The molecule has 0 amide bonds. The molecule has 2 N–H and O–H groups in total. The molecule has 8 heteroatoms. The average molecular weight is 504 g/mol. The van der Waals surface area contributed by atoms with Crippen molar-refractivity contribution in [1.82, 2.24) is 9.97 Å². The minimum absolute atomic E-state index is 0.0221. The summed E-state index contributed by atoms with van der Waals surface area (Å²) in [5, 5.41) is 2.97. The van der Waals surface area contributed by atoms with E-state index < -0.39 is 5.82 Å². The molecule has 1 aliphatic rings. The van der Waals surface area contributed by atoms with Crippen LogP contribution in [0.4, 0.5) is 16.0 Å². The van der Waals surface area contributed by atoms with E-state index in [0.717, 1.165) is 6.42 Å². The van der Waals surface area contributed by atoms with E-state index >= 15 is 0 Å². The molecule has 1 aromatic heterocycles. The number of carbonyl (C=O) groups is 1. The number of halogens is 3. The molecule has 1 heterocycles. The second kappa shape index (κ2) is 10.8. The number of nitrogens with zero attached hydrogens (tertiary/aromatic N) is 1. The summed E-state index contributed by atoms with van der Waals surface area (Å²) in [4.78, 5) is 20.6. The molecule has 0 bridgehead atoms. The number of aromatic nitrogens is 2. The summed E-state index contributed by atoms with van der Waals surface area (Å²) >= 11 is 12.0. The van der Waals surface area contributed by atoms with Crippen LogP contribution < -0.4 is 10.1 Å². The molecule has 0 aliphatic heterocycles. The lowest BCUT2D eigenvalue weighted by molar-refractivity contribution is 0.104. The number of nitrogens with one attached hydrogen (secondary N) is 2. The first-order valence-electron chi connectivity index (χ1n) is 11.6. The second-order valence-electron chi connectivity index (χ2n) is 8.97. The number of ether oxygens (including phenoxy) is 1. The van der Waals surface area contributed by atoms with E-state index in [4.69, 9.17) is 27.9 Å². The zero-order valence-electron chi connectivity index (χ0n) is 19.3. The van der Waals surface area contributed by atoms with Crippen LogP contribution in [-0.2, 0) is 0 Å². The van der Waals surface area contributed by atoms with Crippen molar-refractivity contribution in [2.24, 2.45) is 5.92 Å². The molecule has 0 unspecified atom stereocenters. The number of benzene rings is 2. The van der Waals surface area contributed by atoms with Crippen molar-refractivity contribution >= 4 is 51.7 Å². The minimum atomic E-state index is -0.669. The van der Waals surface area contributed by atoms with Gasteiger partial charge in [-0.05, 0) is 50.5 Å². The zero-order chi connectivity index (χ0) is 24.2. The van der Waals surface area contributed by atoms with Crippen LogP contribution in [0.2, 0.25) is 10.0 Å². The highest BCUT2D eigenvalue weighted by Crippen LogP contribution is 2.34. The molecule has 0 saturated heterocycles. The molecule has 180 valence electrons. The normalized spacial score (nSPS) is 14.9. The Hall–Kier alpha value is -2.57. The summed E-state index contributed by atoms with van der Waals surface area (Å²) in [6.07, 6.45) is 10.7. The van der Waals surface area contributed by atoms with Gasteiger partial charge in [0.1, 0.15) is 5.75 Å². The van der Waals surface area contributed by atoms with Gasteiger partial charge in [-0.3, -0.25) is 4.79 Å². The predicted octanol–water partition coefficient (Wildman–Crippen LogP) is 8.25. The smallest absolute Gasteiger partial charge is 0.205 e. The summed E-state index contributed by atoms with van der Waals surface area (Å²) in [5.74, 6) is 0.594. The van der Waals surface area contributed by atoms with Crippen molar-refractivity contribution in [1.29, 1.82) is 0 Å². The first kappa shape index (κ1) is 24.6. The Morgan fingerprint density at radius 2 is 1.97 bits per heavy atom. The second-order valence-corrected chi connectivity index (χ2v) is 9.78. The molecule has 0 atom stereocenters. The maximum absolute atomic E-state index is 14.4. The fraction of sp³-hybridized carbons (Fsp3) is 0.385. The Morgan fingerprint density at radius 1 is 1.24 bits per heavy atom. The lowest BCUT2D eigenvalue weighted by Crippen LogP contribution is -2.09. The molecular weight excluding hydrogens is 476 g/mol. The molecule has 2 aromatic carbocycles. The first-order valence-corrected chi connectivity index (χ1v) is 12.4. The van der Waals surface area contributed by atoms with Gasteiger partial charge in [-0.1, -0.05) is 61.4 Å². The number of hydrogen-bond donors (Lipinski definition) is 2. The lowest BCUT2D eigenvalue weighted by Gasteiger charge is -2.19. The predicted molar refractivity (Wildman–Crippen MR) is 136 cm³/mol. The maximum atomic E-state index is 14.4. The van der Waals surface area contributed by atoms with Crippen LogP contribution >= 0.6 is 23.2 Å². The third-order valence-corrected chi connectivity index (χ3v) is 6.57. The van der Waals surface area contributed by atoms with Gasteiger partial charge in [0, 0.05) is 6.07 Å². The quantitative estimate of drug-likeness (QED) is 0.184. The lowest BCUT2D eigenvalue weighted by atomic mass is 9.87. The molecule has 0 spiro atoms. The topological polar surface area (TPSA) is 67.0 Å². The van der Waals surface area contributed by atoms with Crippen LogP contribution in [-0.4, -0.2) is 21.9 Å². The standard InChI is InChI=1S/C26H28Cl2FN3O2/c1-15(2)34-23-14-21-20(13-17(23)22(33)10-6-9-16-7-4-3-5-8-16)30-26(31-21)32-25-19(28)12-11-18(27)24(25)29/h6,10-16H,3-5,7-9H2,1-2H3,(H2,30,31,32)/b10-6+. The number of allylic oxidation sites excluding steroid dienone is 2. The average Bonchev–Trinajstić information content (AvgIpc) is 3.20. The Kier molecular flexibility index (Phi) is 7.79. The summed E-state index contributed by atoms with van der Waals surface area (Å²) in [7, 11) is 0. The summed E-state index contributed by atoms with van der Waals surface area (Å²) in [5.41, 5.74) is 1.65. The van der Waals surface area contributed by atoms with Gasteiger partial charge in [-0.15, -0.1) is 0 Å². The Balaban J connectivity index is 1.61. The number of imidazole rings is 1. The number of fused-ring (bicyclic) bond motifs is 1. The van der Waals surface area contributed by atoms with E-state index in [1.165, 1.54) is 44.2 Å². The summed E-state index contributed by atoms with van der Waals surface area (Å²) in [6.45, 7) is 3.80. The third kappa shape index (κ3) is 5.73. The van der Waals surface area contributed by atoms with E-state index in [9.17, 15) is 9.18 Å². The first-order chi connectivity index (χ1) is 16.3. The van der Waals surface area contributed by atoms with E-state index in [1.807, 2.05) is 19.9 Å². The Bertz CT molecular complexity index is 1220. The highest BCUT2D eigenvalue weighted by atomic mass is 35.5. The highest BCUT2D eigenvalue weighted by molar-refractivity contribution is 6.35. The molecule has 1 fully saturated rings. The summed E-state index contributed by atoms with van der Waals surface area (Å²) < 4.78 is 20.4. The zero-order valence-corrected chi connectivity index (χ0v) is 20.8. The number of rotatable bonds is 8. The van der Waals surface area contributed by atoms with Crippen LogP contribution in [0.5, 0.6) is 5.75 Å². The van der Waals surface area contributed by atoms with E-state index in [-0.39, 0.29) is 33.6 Å². The van der Waals surface area contributed by atoms with Crippen molar-refractivity contribution in [3.63, 3.8) is 0 Å². The monoisotopic (exact) mass is 503 g/mol. The molecule has 1 saturated carbocycles. The molecule has 0 radical (unpaired) electrons. The summed E-state index contributed by atoms with van der Waals surface area (Å²) in [6, 6.07) is 6.32. The molecule has 5 nitrogen and oxygen atoms in total. The van der Waals surface area contributed by atoms with Crippen molar-refractivity contribution in [3.05, 3.63) is 57.8 Å². The van der Waals surface area contributed by atoms with E-state index in [0.29, 0.717) is 28.3 Å². The van der Waals surface area contributed by atoms with Gasteiger partial charge in [0.2, 0.25) is 5.95 Å². The van der Waals surface area contributed by atoms with Gasteiger partial charge in [-0.25, -0.2) is 9.37 Å². The Labute approximate surface area is 208 Å². The Morgan fingerprint density at radius 3 is 2.71 bits per heavy atom. The van der Waals surface area contributed by atoms with Gasteiger partial charge in [0.15, 0.2) is 11.6 Å². The molecule has 1 aliphatic carbocycles.